The summed E-state index contributed by atoms with van der Waals surface area (Å²) in [7, 11) is 0. The van der Waals surface area contributed by atoms with Crippen molar-refractivity contribution in [3.8, 4) is 0 Å². The van der Waals surface area contributed by atoms with Gasteiger partial charge in [0, 0.05) is 0 Å². The Labute approximate surface area is 74.4 Å². The van der Waals surface area contributed by atoms with E-state index in [1.54, 1.807) is 0 Å². The summed E-state index contributed by atoms with van der Waals surface area (Å²) in [6.07, 6.45) is 3.76. The molecule has 1 N–H and O–H groups in total. The molecule has 0 saturated carbocycles. The van der Waals surface area contributed by atoms with E-state index in [2.05, 4.69) is 6.92 Å². The molecule has 60 valence electrons. The summed E-state index contributed by atoms with van der Waals surface area (Å²) < 4.78 is 2.87. The van der Waals surface area contributed by atoms with Gasteiger partial charge in [-0.25, -0.2) is 0 Å². The van der Waals surface area contributed by atoms with Crippen molar-refractivity contribution < 1.29 is 5.11 Å². The van der Waals surface area contributed by atoms with Gasteiger partial charge in [0.1, 0.15) is 0 Å². The molecule has 0 bridgehead atoms. The maximum atomic E-state index is 8.94. The van der Waals surface area contributed by atoms with Crippen molar-refractivity contribution in [1.29, 1.82) is 0 Å². The molecule has 2 radical (unpaired) electrons. The van der Waals surface area contributed by atoms with Gasteiger partial charge >= 0.3 is 74.3 Å². The van der Waals surface area contributed by atoms with Gasteiger partial charge in [0.25, 0.3) is 0 Å². The van der Waals surface area contributed by atoms with Crippen LogP contribution >= 0.6 is 0 Å². The summed E-state index contributed by atoms with van der Waals surface area (Å²) in [6.45, 7) is 4.13. The molecule has 0 aromatic carbocycles. The van der Waals surface area contributed by atoms with Crippen LogP contribution in [0.4, 0.5) is 0 Å². The van der Waals surface area contributed by atoms with Crippen LogP contribution in [0.3, 0.4) is 0 Å². The van der Waals surface area contributed by atoms with Crippen LogP contribution in [-0.4, -0.2) is 32.4 Å². The predicted molar refractivity (Wildman–Crippen MR) is 46.6 cm³/mol. The van der Waals surface area contributed by atoms with E-state index in [-0.39, 0.29) is 27.2 Å². The Morgan fingerprint density at radius 1 is 1.40 bits per heavy atom. The molecule has 0 heterocycles. The zero-order valence-corrected chi connectivity index (χ0v) is 9.91. The van der Waals surface area contributed by atoms with Crippen molar-refractivity contribution in [2.45, 2.75) is 48.1 Å². The van der Waals surface area contributed by atoms with Gasteiger partial charge in [0.05, 0.1) is 0 Å². The molecule has 0 aromatic heterocycles. The van der Waals surface area contributed by atoms with Gasteiger partial charge in [-0.05, 0) is 0 Å². The number of aliphatic hydroxyl groups excluding tert-OH is 1. The van der Waals surface area contributed by atoms with Crippen molar-refractivity contribution >= 4 is 21.1 Å². The fourth-order valence-corrected chi connectivity index (χ4v) is 4.95. The normalized spacial score (nSPS) is 13.5. The zero-order valence-electron chi connectivity index (χ0n) is 7.06. The van der Waals surface area contributed by atoms with Crippen LogP contribution in [0.5, 0.6) is 0 Å². The van der Waals surface area contributed by atoms with Gasteiger partial charge in [-0.1, -0.05) is 0 Å². The molecule has 0 rings (SSSR count). The van der Waals surface area contributed by atoms with E-state index in [0.717, 1.165) is 6.42 Å². The zero-order chi connectivity index (χ0) is 7.82. The Bertz CT molecular complexity index is 64.3. The summed E-state index contributed by atoms with van der Waals surface area (Å²) >= 11 is -0.0473. The minimum atomic E-state index is -0.0532. The van der Waals surface area contributed by atoms with Crippen LogP contribution < -0.4 is 0 Å². The molecule has 1 atom stereocenters. The first-order valence-corrected chi connectivity index (χ1v) is 8.19. The van der Waals surface area contributed by atoms with E-state index in [1.165, 1.54) is 21.7 Å². The standard InChI is InChI=1S/C4H9O.C4H9.Sn/c1-3-4(2)5;1-3-4-2;/h4-5H,1,3H2,2H3;1,3-4H2,2H3;. The van der Waals surface area contributed by atoms with Gasteiger partial charge in [-0.2, -0.15) is 0 Å². The molecule has 1 nitrogen and oxygen atoms in total. The van der Waals surface area contributed by atoms with Gasteiger partial charge in [0.15, 0.2) is 0 Å². The van der Waals surface area contributed by atoms with Crippen molar-refractivity contribution in [2.75, 3.05) is 0 Å². The second-order valence-electron chi connectivity index (χ2n) is 2.74. The molecule has 10 heavy (non-hydrogen) atoms. The van der Waals surface area contributed by atoms with E-state index < -0.39 is 0 Å². The number of unbranched alkanes of at least 4 members (excludes halogenated alkanes) is 1. The average Bonchev–Trinajstić information content (AvgIpc) is 1.87. The number of rotatable bonds is 6. The van der Waals surface area contributed by atoms with Crippen LogP contribution in [-0.2, 0) is 0 Å². The van der Waals surface area contributed by atoms with Crippen LogP contribution in [0.2, 0.25) is 8.87 Å². The molecular weight excluding hydrogens is 231 g/mol. The third-order valence-corrected chi connectivity index (χ3v) is 5.30. The van der Waals surface area contributed by atoms with Crippen molar-refractivity contribution in [3.63, 3.8) is 0 Å². The topological polar surface area (TPSA) is 20.2 Å². The van der Waals surface area contributed by atoms with Gasteiger partial charge in [-0.15, -0.1) is 0 Å². The van der Waals surface area contributed by atoms with Gasteiger partial charge in [-0.3, -0.25) is 0 Å². The minimum absolute atomic E-state index is 0.0473. The maximum absolute atomic E-state index is 8.94. The number of hydrogen-bond donors (Lipinski definition) is 1. The fraction of sp³-hybridized carbons (Fsp3) is 1.00. The monoisotopic (exact) mass is 250 g/mol. The molecular formula is C8H18OSn. The number of hydrogen-bond acceptors (Lipinski definition) is 1. The van der Waals surface area contributed by atoms with Crippen LogP contribution in [0.15, 0.2) is 0 Å². The Hall–Kier alpha value is 0.759. The summed E-state index contributed by atoms with van der Waals surface area (Å²) in [5.41, 5.74) is 0. The molecule has 2 heteroatoms. The van der Waals surface area contributed by atoms with Crippen molar-refractivity contribution in [3.05, 3.63) is 0 Å². The molecule has 0 aromatic rings. The quantitative estimate of drug-likeness (QED) is 0.564. The van der Waals surface area contributed by atoms with Crippen LogP contribution in [0, 0.1) is 0 Å². The summed E-state index contributed by atoms with van der Waals surface area (Å²) in [4.78, 5) is 0. The van der Waals surface area contributed by atoms with Crippen molar-refractivity contribution in [2.24, 2.45) is 0 Å². The Morgan fingerprint density at radius 2 is 2.10 bits per heavy atom. The summed E-state index contributed by atoms with van der Waals surface area (Å²) in [5.74, 6) is 0. The Balaban J connectivity index is 2.77. The molecule has 0 aliphatic heterocycles. The second kappa shape index (κ2) is 7.86. The van der Waals surface area contributed by atoms with Crippen LogP contribution in [0.25, 0.3) is 0 Å². The first-order chi connectivity index (χ1) is 4.77. The third kappa shape index (κ3) is 8.76. The Kier molecular flexibility index (Phi) is 8.46. The van der Waals surface area contributed by atoms with Crippen molar-refractivity contribution in [1.82, 2.24) is 0 Å². The fourth-order valence-electron chi connectivity index (χ4n) is 0.738. The van der Waals surface area contributed by atoms with E-state index in [4.69, 9.17) is 5.11 Å². The van der Waals surface area contributed by atoms with Gasteiger partial charge < -0.3 is 0 Å². The predicted octanol–water partition coefficient (Wildman–Crippen LogP) is 2.10. The average molecular weight is 249 g/mol. The second-order valence-corrected chi connectivity index (χ2v) is 7.02. The first-order valence-electron chi connectivity index (χ1n) is 4.16. The third-order valence-electron chi connectivity index (χ3n) is 1.45. The van der Waals surface area contributed by atoms with E-state index in [9.17, 15) is 0 Å². The summed E-state index contributed by atoms with van der Waals surface area (Å²) in [6, 6.07) is 0. The van der Waals surface area contributed by atoms with E-state index >= 15 is 0 Å². The molecule has 0 fully saturated rings. The first kappa shape index (κ1) is 10.8. The molecule has 0 spiro atoms. The van der Waals surface area contributed by atoms with Gasteiger partial charge in [0.2, 0.25) is 0 Å². The van der Waals surface area contributed by atoms with E-state index in [0.29, 0.717) is 0 Å². The Morgan fingerprint density at radius 3 is 2.60 bits per heavy atom. The summed E-state index contributed by atoms with van der Waals surface area (Å²) in [5, 5.41) is 8.94. The van der Waals surface area contributed by atoms with E-state index in [1.807, 2.05) is 6.92 Å². The SMILES string of the molecule is CCC[CH2][Sn][CH2]CC(C)O. The number of aliphatic hydroxyl groups is 1. The van der Waals surface area contributed by atoms with Crippen LogP contribution in [0.1, 0.15) is 33.1 Å². The molecule has 1 unspecified atom stereocenters. The molecule has 0 saturated heterocycles. The molecule has 0 aliphatic rings. The molecule has 0 amide bonds. The molecule has 0 aliphatic carbocycles.